The van der Waals surface area contributed by atoms with Crippen LogP contribution in [0.15, 0.2) is 54.2 Å². The zero-order valence-corrected chi connectivity index (χ0v) is 21.0. The van der Waals surface area contributed by atoms with Gasteiger partial charge in [0.05, 0.1) is 27.6 Å². The van der Waals surface area contributed by atoms with Crippen LogP contribution in [0.4, 0.5) is 5.69 Å². The minimum Gasteiger partial charge on any atom is -0.464 e. The summed E-state index contributed by atoms with van der Waals surface area (Å²) in [5.74, 6) is -0.607. The van der Waals surface area contributed by atoms with E-state index in [1.165, 1.54) is 0 Å². The molecule has 0 saturated heterocycles. The predicted octanol–water partition coefficient (Wildman–Crippen LogP) is 5.73. The third kappa shape index (κ3) is 5.39. The first kappa shape index (κ1) is 25.3. The van der Waals surface area contributed by atoms with Crippen LogP contribution in [0.3, 0.4) is 0 Å². The van der Waals surface area contributed by atoms with E-state index in [0.717, 1.165) is 43.4 Å². The fourth-order valence-corrected chi connectivity index (χ4v) is 5.37. The molecule has 6 nitrogen and oxygen atoms in total. The molecule has 0 aliphatic heterocycles. The molecule has 0 radical (unpaired) electrons. The van der Waals surface area contributed by atoms with Crippen LogP contribution in [-0.2, 0) is 20.7 Å². The van der Waals surface area contributed by atoms with Gasteiger partial charge in [-0.15, -0.1) is 0 Å². The highest BCUT2D eigenvalue weighted by Crippen LogP contribution is 2.48. The standard InChI is InChI=1S/C27H28Cl2N2O4/c1-2-35-26(34)21(31-22-16-23(32)27(22)13-4-3-5-14-27)15-17-9-11-18(12-10-17)30-25(33)24-19(28)7-6-8-20(24)29/h6-12,16,21,31H,2-5,13-15H2,1H3,(H,30,33)/t21-/m0/s1. The van der Waals surface area contributed by atoms with E-state index in [2.05, 4.69) is 10.6 Å². The number of ether oxygens (including phenoxy) is 1. The Bertz CT molecular complexity index is 1130. The van der Waals surface area contributed by atoms with E-state index in [1.54, 1.807) is 43.3 Å². The van der Waals surface area contributed by atoms with Crippen molar-refractivity contribution in [1.82, 2.24) is 5.32 Å². The van der Waals surface area contributed by atoms with Crippen LogP contribution in [0, 0.1) is 5.41 Å². The highest BCUT2D eigenvalue weighted by molar-refractivity contribution is 6.40. The second-order valence-corrected chi connectivity index (χ2v) is 9.78. The quantitative estimate of drug-likeness (QED) is 0.439. The third-order valence-electron chi connectivity index (χ3n) is 6.71. The van der Waals surface area contributed by atoms with E-state index in [1.807, 2.05) is 12.1 Å². The number of ketones is 1. The fourth-order valence-electron chi connectivity index (χ4n) is 4.81. The highest BCUT2D eigenvalue weighted by Gasteiger charge is 2.49. The molecular weight excluding hydrogens is 487 g/mol. The van der Waals surface area contributed by atoms with Crippen molar-refractivity contribution in [2.45, 2.75) is 51.5 Å². The summed E-state index contributed by atoms with van der Waals surface area (Å²) in [7, 11) is 0. The van der Waals surface area contributed by atoms with E-state index in [0.29, 0.717) is 12.1 Å². The van der Waals surface area contributed by atoms with Gasteiger partial charge in [0.15, 0.2) is 5.78 Å². The average Bonchev–Trinajstić information content (AvgIpc) is 2.85. The van der Waals surface area contributed by atoms with Gasteiger partial charge in [-0.2, -0.15) is 0 Å². The number of nitrogens with one attached hydrogen (secondary N) is 2. The molecule has 35 heavy (non-hydrogen) atoms. The molecule has 2 aliphatic carbocycles. The summed E-state index contributed by atoms with van der Waals surface area (Å²) in [6.07, 6.45) is 6.81. The first-order valence-corrected chi connectivity index (χ1v) is 12.6. The highest BCUT2D eigenvalue weighted by atomic mass is 35.5. The van der Waals surface area contributed by atoms with Gasteiger partial charge < -0.3 is 15.4 Å². The molecule has 4 rings (SSSR count). The number of amides is 1. The first-order valence-electron chi connectivity index (χ1n) is 11.9. The number of halogens is 2. The number of hydrogen-bond donors (Lipinski definition) is 2. The number of benzene rings is 2. The number of allylic oxidation sites excluding steroid dienone is 2. The third-order valence-corrected chi connectivity index (χ3v) is 7.34. The van der Waals surface area contributed by atoms with Crippen molar-refractivity contribution in [3.8, 4) is 0 Å². The second-order valence-electron chi connectivity index (χ2n) is 8.97. The lowest BCUT2D eigenvalue weighted by Gasteiger charge is -2.44. The molecule has 1 saturated carbocycles. The number of hydrogen-bond acceptors (Lipinski definition) is 5. The normalized spacial score (nSPS) is 17.2. The summed E-state index contributed by atoms with van der Waals surface area (Å²) in [5, 5.41) is 6.67. The van der Waals surface area contributed by atoms with E-state index >= 15 is 0 Å². The predicted molar refractivity (Wildman–Crippen MR) is 137 cm³/mol. The van der Waals surface area contributed by atoms with Crippen LogP contribution >= 0.6 is 23.2 Å². The summed E-state index contributed by atoms with van der Waals surface area (Å²) in [5.41, 5.74) is 2.06. The van der Waals surface area contributed by atoms with Crippen molar-refractivity contribution < 1.29 is 19.1 Å². The molecule has 2 aromatic carbocycles. The summed E-state index contributed by atoms with van der Waals surface area (Å²) in [6, 6.07) is 11.5. The van der Waals surface area contributed by atoms with Gasteiger partial charge in [0.2, 0.25) is 0 Å². The minimum absolute atomic E-state index is 0.154. The van der Waals surface area contributed by atoms with Crippen LogP contribution in [0.1, 0.15) is 54.9 Å². The van der Waals surface area contributed by atoms with Crippen LogP contribution in [0.2, 0.25) is 10.0 Å². The van der Waals surface area contributed by atoms with Crippen molar-refractivity contribution in [2.75, 3.05) is 11.9 Å². The maximum absolute atomic E-state index is 12.7. The van der Waals surface area contributed by atoms with Gasteiger partial charge in [-0.25, -0.2) is 4.79 Å². The van der Waals surface area contributed by atoms with Gasteiger partial charge in [0, 0.05) is 23.9 Å². The van der Waals surface area contributed by atoms with Crippen molar-refractivity contribution >= 4 is 46.5 Å². The Hall–Kier alpha value is -2.83. The number of carbonyl (C=O) groups is 3. The van der Waals surface area contributed by atoms with E-state index < -0.39 is 17.4 Å². The molecule has 1 atom stereocenters. The lowest BCUT2D eigenvalue weighted by atomic mass is 9.62. The zero-order chi connectivity index (χ0) is 25.0. The molecule has 2 aliphatic rings. The summed E-state index contributed by atoms with van der Waals surface area (Å²) >= 11 is 12.3. The Labute approximate surface area is 215 Å². The molecular formula is C27H28Cl2N2O4. The Morgan fingerprint density at radius 3 is 2.29 bits per heavy atom. The Balaban J connectivity index is 1.45. The van der Waals surface area contributed by atoms with Gasteiger partial charge in [-0.3, -0.25) is 9.59 Å². The molecule has 184 valence electrons. The largest absolute Gasteiger partial charge is 0.464 e. The molecule has 1 spiro atoms. The first-order chi connectivity index (χ1) is 16.8. The van der Waals surface area contributed by atoms with E-state index in [4.69, 9.17) is 27.9 Å². The lowest BCUT2D eigenvalue weighted by Crippen LogP contribution is -2.52. The smallest absolute Gasteiger partial charge is 0.328 e. The molecule has 8 heteroatoms. The van der Waals surface area contributed by atoms with E-state index in [9.17, 15) is 14.4 Å². The minimum atomic E-state index is -0.615. The van der Waals surface area contributed by atoms with Crippen molar-refractivity contribution in [3.63, 3.8) is 0 Å². The molecule has 1 amide bonds. The average molecular weight is 515 g/mol. The summed E-state index contributed by atoms with van der Waals surface area (Å²) in [4.78, 5) is 37.8. The molecule has 1 fully saturated rings. The monoisotopic (exact) mass is 514 g/mol. The van der Waals surface area contributed by atoms with Gasteiger partial charge in [0.25, 0.3) is 5.91 Å². The maximum atomic E-state index is 12.7. The Morgan fingerprint density at radius 1 is 1.03 bits per heavy atom. The Kier molecular flexibility index (Phi) is 7.82. The fraction of sp³-hybridized carbons (Fsp3) is 0.370. The van der Waals surface area contributed by atoms with Gasteiger partial charge in [0.1, 0.15) is 6.04 Å². The van der Waals surface area contributed by atoms with Gasteiger partial charge in [-0.1, -0.05) is 60.7 Å². The molecule has 0 unspecified atom stereocenters. The topological polar surface area (TPSA) is 84.5 Å². The van der Waals surface area contributed by atoms with Crippen LogP contribution in [0.25, 0.3) is 0 Å². The molecule has 0 aromatic heterocycles. The zero-order valence-electron chi connectivity index (χ0n) is 19.5. The molecule has 0 bridgehead atoms. The molecule has 0 heterocycles. The molecule has 2 aromatic rings. The van der Waals surface area contributed by atoms with Crippen LogP contribution < -0.4 is 10.6 Å². The summed E-state index contributed by atoms with van der Waals surface area (Å²) < 4.78 is 5.30. The molecule has 2 N–H and O–H groups in total. The van der Waals surface area contributed by atoms with Crippen LogP contribution in [-0.4, -0.2) is 30.3 Å². The van der Waals surface area contributed by atoms with Crippen molar-refractivity contribution in [3.05, 3.63) is 75.4 Å². The van der Waals surface area contributed by atoms with Gasteiger partial charge in [-0.05, 0) is 49.6 Å². The second kappa shape index (κ2) is 10.8. The Morgan fingerprint density at radius 2 is 1.69 bits per heavy atom. The van der Waals surface area contributed by atoms with Gasteiger partial charge >= 0.3 is 5.97 Å². The summed E-state index contributed by atoms with van der Waals surface area (Å²) in [6.45, 7) is 2.04. The van der Waals surface area contributed by atoms with E-state index in [-0.39, 0.29) is 34.0 Å². The van der Waals surface area contributed by atoms with Crippen LogP contribution in [0.5, 0.6) is 0 Å². The number of esters is 1. The van der Waals surface area contributed by atoms with Crippen molar-refractivity contribution in [1.29, 1.82) is 0 Å². The number of anilines is 1. The number of carbonyl (C=O) groups excluding carboxylic acids is 3. The maximum Gasteiger partial charge on any atom is 0.328 e. The van der Waals surface area contributed by atoms with Crippen molar-refractivity contribution in [2.24, 2.45) is 5.41 Å². The SMILES string of the molecule is CCOC(=O)[C@H](Cc1ccc(NC(=O)c2c(Cl)cccc2Cl)cc1)NC1=CC(=O)C12CCCCC2. The number of rotatable bonds is 8. The lowest BCUT2D eigenvalue weighted by molar-refractivity contribution is -0.146.